The molecule has 0 saturated heterocycles. The van der Waals surface area contributed by atoms with Gasteiger partial charge < -0.3 is 25.5 Å². The molecule has 0 aromatic heterocycles. The van der Waals surface area contributed by atoms with Gasteiger partial charge in [0.1, 0.15) is 17.9 Å². The van der Waals surface area contributed by atoms with E-state index in [4.69, 9.17) is 4.74 Å². The van der Waals surface area contributed by atoms with Crippen LogP contribution in [-0.4, -0.2) is 48.4 Å². The van der Waals surface area contributed by atoms with Crippen molar-refractivity contribution in [1.82, 2.24) is 16.0 Å². The maximum Gasteiger partial charge on any atom is 0.408 e. The smallest absolute Gasteiger partial charge is 0.408 e. The van der Waals surface area contributed by atoms with E-state index in [0.717, 1.165) is 5.56 Å². The van der Waals surface area contributed by atoms with Crippen LogP contribution in [0.25, 0.3) is 0 Å². The van der Waals surface area contributed by atoms with E-state index in [-0.39, 0.29) is 18.9 Å². The highest BCUT2D eigenvalue weighted by Gasteiger charge is 2.25. The molecule has 1 aromatic carbocycles. The van der Waals surface area contributed by atoms with Gasteiger partial charge in [-0.15, -0.1) is 0 Å². The summed E-state index contributed by atoms with van der Waals surface area (Å²) in [6.45, 7) is 8.77. The Labute approximate surface area is 178 Å². The van der Waals surface area contributed by atoms with Crippen molar-refractivity contribution >= 4 is 24.2 Å². The Hall–Kier alpha value is -2.90. The Bertz CT molecular complexity index is 713. The van der Waals surface area contributed by atoms with E-state index in [1.165, 1.54) is 0 Å². The van der Waals surface area contributed by atoms with E-state index in [1.807, 2.05) is 44.2 Å². The third-order valence-electron chi connectivity index (χ3n) is 3.95. The Morgan fingerprint density at radius 2 is 1.70 bits per heavy atom. The molecule has 1 aromatic rings. The average molecular weight is 420 g/mol. The zero-order chi connectivity index (χ0) is 22.7. The number of carbonyl (C=O) groups excluding carboxylic acids is 4. The van der Waals surface area contributed by atoms with Gasteiger partial charge in [0, 0.05) is 6.42 Å². The lowest BCUT2D eigenvalue weighted by Gasteiger charge is -2.23. The molecule has 8 heteroatoms. The first-order chi connectivity index (χ1) is 14.0. The van der Waals surface area contributed by atoms with Crippen molar-refractivity contribution in [3.05, 3.63) is 35.9 Å². The van der Waals surface area contributed by atoms with Gasteiger partial charge in [0.2, 0.25) is 11.8 Å². The van der Waals surface area contributed by atoms with Gasteiger partial charge in [-0.05, 0) is 38.7 Å². The number of ether oxygens (including phenoxy) is 1. The first-order valence-corrected chi connectivity index (χ1v) is 10.1. The molecule has 0 aliphatic carbocycles. The van der Waals surface area contributed by atoms with Gasteiger partial charge in [0.15, 0.2) is 0 Å². The maximum atomic E-state index is 12.7. The highest BCUT2D eigenvalue weighted by Crippen LogP contribution is 2.09. The van der Waals surface area contributed by atoms with Crippen LogP contribution in [0.5, 0.6) is 0 Å². The topological polar surface area (TPSA) is 114 Å². The van der Waals surface area contributed by atoms with Gasteiger partial charge in [0.05, 0.1) is 12.6 Å². The minimum Gasteiger partial charge on any atom is -0.444 e. The second-order valence-corrected chi connectivity index (χ2v) is 8.55. The molecule has 1 unspecified atom stereocenters. The monoisotopic (exact) mass is 419 g/mol. The van der Waals surface area contributed by atoms with E-state index in [0.29, 0.717) is 12.7 Å². The van der Waals surface area contributed by atoms with E-state index in [1.54, 1.807) is 20.8 Å². The van der Waals surface area contributed by atoms with E-state index in [9.17, 15) is 19.2 Å². The molecule has 0 heterocycles. The number of aldehydes is 1. The molecular formula is C22H33N3O5. The molecule has 0 aliphatic rings. The summed E-state index contributed by atoms with van der Waals surface area (Å²) in [6, 6.07) is 7.67. The molecule has 1 rings (SSSR count). The summed E-state index contributed by atoms with van der Waals surface area (Å²) in [6.07, 6.45) is 0.709. The Morgan fingerprint density at radius 3 is 2.23 bits per heavy atom. The molecular weight excluding hydrogens is 386 g/mol. The van der Waals surface area contributed by atoms with E-state index < -0.39 is 35.6 Å². The molecule has 0 spiro atoms. The molecule has 0 fully saturated rings. The number of amides is 3. The van der Waals surface area contributed by atoms with Crippen LogP contribution in [0.4, 0.5) is 4.79 Å². The van der Waals surface area contributed by atoms with Crippen molar-refractivity contribution < 1.29 is 23.9 Å². The van der Waals surface area contributed by atoms with Crippen molar-refractivity contribution in [2.45, 2.75) is 65.1 Å². The summed E-state index contributed by atoms with van der Waals surface area (Å²) in [7, 11) is 0. The number of hydrogen-bond donors (Lipinski definition) is 3. The predicted octanol–water partition coefficient (Wildman–Crippen LogP) is 1.97. The standard InChI is InChI=1S/C22H33N3O5/c1-15(2)11-17(14-26)24-19(27)13-23-20(28)18(12-16-9-7-6-8-10-16)25-21(29)30-22(3,4)5/h6-10,14-15,17-18H,11-13H2,1-5H3,(H,23,28)(H,24,27)(H,25,29)/t17-,18?/m1/s1. The summed E-state index contributed by atoms with van der Waals surface area (Å²) < 4.78 is 5.24. The predicted molar refractivity (Wildman–Crippen MR) is 114 cm³/mol. The molecule has 166 valence electrons. The molecule has 0 bridgehead atoms. The van der Waals surface area contributed by atoms with Gasteiger partial charge in [-0.2, -0.15) is 0 Å². The van der Waals surface area contributed by atoms with Gasteiger partial charge in [0.25, 0.3) is 0 Å². The zero-order valence-corrected chi connectivity index (χ0v) is 18.4. The Balaban J connectivity index is 2.73. The summed E-state index contributed by atoms with van der Waals surface area (Å²) in [5, 5.41) is 7.66. The van der Waals surface area contributed by atoms with Crippen molar-refractivity contribution in [3.8, 4) is 0 Å². The maximum absolute atomic E-state index is 12.7. The fraction of sp³-hybridized carbons (Fsp3) is 0.545. The number of rotatable bonds is 10. The van der Waals surface area contributed by atoms with Crippen molar-refractivity contribution in [3.63, 3.8) is 0 Å². The van der Waals surface area contributed by atoms with Crippen LogP contribution in [0.15, 0.2) is 30.3 Å². The van der Waals surface area contributed by atoms with Gasteiger partial charge >= 0.3 is 6.09 Å². The molecule has 8 nitrogen and oxygen atoms in total. The molecule has 0 radical (unpaired) electrons. The van der Waals surface area contributed by atoms with Crippen LogP contribution >= 0.6 is 0 Å². The van der Waals surface area contributed by atoms with Crippen molar-refractivity contribution in [2.24, 2.45) is 5.92 Å². The van der Waals surface area contributed by atoms with Crippen LogP contribution in [0.2, 0.25) is 0 Å². The average Bonchev–Trinajstić information content (AvgIpc) is 2.64. The first-order valence-electron chi connectivity index (χ1n) is 10.1. The Kier molecular flexibility index (Phi) is 10.0. The summed E-state index contributed by atoms with van der Waals surface area (Å²) >= 11 is 0. The first kappa shape index (κ1) is 25.1. The van der Waals surface area contributed by atoms with Gasteiger partial charge in [-0.3, -0.25) is 9.59 Å². The SMILES string of the molecule is CC(C)C[C@H](C=O)NC(=O)CNC(=O)C(Cc1ccccc1)NC(=O)OC(C)(C)C. The number of hydrogen-bond acceptors (Lipinski definition) is 5. The quantitative estimate of drug-likeness (QED) is 0.502. The van der Waals surface area contributed by atoms with Crippen LogP contribution in [0.3, 0.4) is 0 Å². The molecule has 2 atom stereocenters. The lowest BCUT2D eigenvalue weighted by atomic mass is 10.0. The van der Waals surface area contributed by atoms with Crippen molar-refractivity contribution in [2.75, 3.05) is 6.54 Å². The van der Waals surface area contributed by atoms with E-state index >= 15 is 0 Å². The van der Waals surface area contributed by atoms with Gasteiger partial charge in [-0.1, -0.05) is 44.2 Å². The number of carbonyl (C=O) groups is 4. The normalized spacial score (nSPS) is 13.1. The van der Waals surface area contributed by atoms with Crippen LogP contribution in [0.1, 0.15) is 46.6 Å². The lowest BCUT2D eigenvalue weighted by Crippen LogP contribution is -2.51. The minimum absolute atomic E-state index is 0.234. The number of nitrogens with one attached hydrogen (secondary N) is 3. The lowest BCUT2D eigenvalue weighted by molar-refractivity contribution is -0.128. The largest absolute Gasteiger partial charge is 0.444 e. The van der Waals surface area contributed by atoms with E-state index in [2.05, 4.69) is 16.0 Å². The van der Waals surface area contributed by atoms with Crippen LogP contribution in [-0.2, 0) is 25.5 Å². The van der Waals surface area contributed by atoms with Crippen LogP contribution < -0.4 is 16.0 Å². The minimum atomic E-state index is -0.924. The fourth-order valence-corrected chi connectivity index (χ4v) is 2.71. The molecule has 0 aliphatic heterocycles. The zero-order valence-electron chi connectivity index (χ0n) is 18.4. The third kappa shape index (κ3) is 10.6. The highest BCUT2D eigenvalue weighted by atomic mass is 16.6. The van der Waals surface area contributed by atoms with Crippen molar-refractivity contribution in [1.29, 1.82) is 0 Å². The summed E-state index contributed by atoms with van der Waals surface area (Å²) in [5.74, 6) is -0.758. The molecule has 3 amide bonds. The van der Waals surface area contributed by atoms with Crippen LogP contribution in [0, 0.1) is 5.92 Å². The summed E-state index contributed by atoms with van der Waals surface area (Å²) in [4.78, 5) is 48.0. The number of benzene rings is 1. The Morgan fingerprint density at radius 1 is 1.07 bits per heavy atom. The number of alkyl carbamates (subject to hydrolysis) is 1. The summed E-state index contributed by atoms with van der Waals surface area (Å²) in [5.41, 5.74) is 0.133. The molecule has 0 saturated carbocycles. The second-order valence-electron chi connectivity index (χ2n) is 8.55. The van der Waals surface area contributed by atoms with Gasteiger partial charge in [-0.25, -0.2) is 4.79 Å². The molecule has 3 N–H and O–H groups in total. The molecule has 30 heavy (non-hydrogen) atoms. The highest BCUT2D eigenvalue weighted by molar-refractivity contribution is 5.90. The third-order valence-corrected chi connectivity index (χ3v) is 3.95. The fourth-order valence-electron chi connectivity index (χ4n) is 2.71. The second kappa shape index (κ2) is 11.9.